The minimum absolute atomic E-state index is 0.0133. The summed E-state index contributed by atoms with van der Waals surface area (Å²) in [5, 5.41) is 5.84. The topological polar surface area (TPSA) is 77.8 Å². The lowest BCUT2D eigenvalue weighted by atomic mass is 10.0. The van der Waals surface area contributed by atoms with Crippen molar-refractivity contribution in [2.24, 2.45) is 0 Å². The molecule has 2 fully saturated rings. The molecular weight excluding hydrogens is 449 g/mol. The molecule has 2 aliphatic rings. The SMILES string of the molecule is CN1[C@@H](CCC(=O)NCc2ccco2)CNC(=O)[C@@H]2[C@@H]1CCN2Cc1ccc(C(F)(F)F)cc1. The first-order valence-electron chi connectivity index (χ1n) is 11.4. The Hall–Kier alpha value is -2.85. The maximum atomic E-state index is 12.9. The highest BCUT2D eigenvalue weighted by molar-refractivity contribution is 5.83. The van der Waals surface area contributed by atoms with Gasteiger partial charge in [0.25, 0.3) is 0 Å². The number of likely N-dealkylation sites (N-methyl/N-ethyl adjacent to an activating group) is 1. The molecule has 4 rings (SSSR count). The van der Waals surface area contributed by atoms with Crippen molar-refractivity contribution in [2.75, 3.05) is 20.1 Å². The van der Waals surface area contributed by atoms with E-state index in [1.165, 1.54) is 12.1 Å². The second kappa shape index (κ2) is 10.2. The van der Waals surface area contributed by atoms with Gasteiger partial charge in [-0.15, -0.1) is 0 Å². The highest BCUT2D eigenvalue weighted by Gasteiger charge is 2.45. The van der Waals surface area contributed by atoms with Gasteiger partial charge in [-0.25, -0.2) is 0 Å². The van der Waals surface area contributed by atoms with Crippen LogP contribution in [-0.4, -0.2) is 59.9 Å². The van der Waals surface area contributed by atoms with E-state index in [9.17, 15) is 22.8 Å². The Morgan fingerprint density at radius 2 is 2.00 bits per heavy atom. The number of nitrogens with one attached hydrogen (secondary N) is 2. The fourth-order valence-corrected chi connectivity index (χ4v) is 4.84. The minimum Gasteiger partial charge on any atom is -0.467 e. The predicted molar refractivity (Wildman–Crippen MR) is 118 cm³/mol. The number of halogens is 3. The van der Waals surface area contributed by atoms with Crippen LogP contribution in [0.3, 0.4) is 0 Å². The van der Waals surface area contributed by atoms with Gasteiger partial charge in [0.15, 0.2) is 0 Å². The number of hydrogen-bond acceptors (Lipinski definition) is 5. The predicted octanol–water partition coefficient (Wildman–Crippen LogP) is 2.77. The van der Waals surface area contributed by atoms with Crippen molar-refractivity contribution in [3.05, 3.63) is 59.5 Å². The van der Waals surface area contributed by atoms with E-state index in [0.29, 0.717) is 44.8 Å². The number of carbonyl (C=O) groups excluding carboxylic acids is 2. The van der Waals surface area contributed by atoms with Crippen molar-refractivity contribution in [3.63, 3.8) is 0 Å². The minimum atomic E-state index is -4.37. The van der Waals surface area contributed by atoms with Crippen molar-refractivity contribution in [1.29, 1.82) is 0 Å². The second-order valence-corrected chi connectivity index (χ2v) is 8.93. The monoisotopic (exact) mass is 478 g/mol. The third kappa shape index (κ3) is 5.61. The van der Waals surface area contributed by atoms with Gasteiger partial charge in [0.05, 0.1) is 18.4 Å². The number of rotatable bonds is 7. The fraction of sp³-hybridized carbons (Fsp3) is 0.500. The summed E-state index contributed by atoms with van der Waals surface area (Å²) in [5.41, 5.74) is 0.0525. The number of carbonyl (C=O) groups is 2. The van der Waals surface area contributed by atoms with Crippen molar-refractivity contribution in [1.82, 2.24) is 20.4 Å². The molecular formula is C24H29F3N4O3. The van der Waals surface area contributed by atoms with Crippen LogP contribution in [0, 0.1) is 0 Å². The van der Waals surface area contributed by atoms with Gasteiger partial charge in [-0.05, 0) is 49.7 Å². The summed E-state index contributed by atoms with van der Waals surface area (Å²) in [7, 11) is 1.98. The summed E-state index contributed by atoms with van der Waals surface area (Å²) in [6, 6.07) is 8.27. The lowest BCUT2D eigenvalue weighted by Crippen LogP contribution is -2.49. The fourth-order valence-electron chi connectivity index (χ4n) is 4.84. The molecule has 0 unspecified atom stereocenters. The van der Waals surface area contributed by atoms with Crippen LogP contribution in [0.25, 0.3) is 0 Å². The zero-order valence-corrected chi connectivity index (χ0v) is 19.0. The third-order valence-corrected chi connectivity index (χ3v) is 6.76. The molecule has 1 aromatic heterocycles. The van der Waals surface area contributed by atoms with Gasteiger partial charge in [-0.1, -0.05) is 12.1 Å². The number of amides is 2. The zero-order chi connectivity index (χ0) is 24.3. The van der Waals surface area contributed by atoms with Crippen molar-refractivity contribution in [2.45, 2.75) is 56.7 Å². The molecule has 3 heterocycles. The molecule has 2 N–H and O–H groups in total. The van der Waals surface area contributed by atoms with Crippen LogP contribution in [-0.2, 0) is 28.9 Å². The van der Waals surface area contributed by atoms with Crippen LogP contribution in [0.1, 0.15) is 36.1 Å². The molecule has 0 bridgehead atoms. The molecule has 0 spiro atoms. The first-order valence-corrected chi connectivity index (χ1v) is 11.4. The number of fused-ring (bicyclic) bond motifs is 1. The van der Waals surface area contributed by atoms with E-state index in [-0.39, 0.29) is 29.9 Å². The summed E-state index contributed by atoms with van der Waals surface area (Å²) in [5.74, 6) is 0.535. The Kier molecular flexibility index (Phi) is 7.27. The molecule has 34 heavy (non-hydrogen) atoms. The summed E-state index contributed by atoms with van der Waals surface area (Å²) in [6.45, 7) is 1.86. The first kappa shape index (κ1) is 24.3. The number of likely N-dealkylation sites (tertiary alicyclic amines) is 1. The number of nitrogens with zero attached hydrogens (tertiary/aromatic N) is 2. The van der Waals surface area contributed by atoms with Gasteiger partial charge in [0, 0.05) is 38.1 Å². The van der Waals surface area contributed by atoms with Crippen LogP contribution in [0.15, 0.2) is 47.1 Å². The van der Waals surface area contributed by atoms with E-state index in [2.05, 4.69) is 15.5 Å². The van der Waals surface area contributed by atoms with E-state index in [1.54, 1.807) is 18.4 Å². The quantitative estimate of drug-likeness (QED) is 0.640. The first-order chi connectivity index (χ1) is 16.2. The molecule has 7 nitrogen and oxygen atoms in total. The van der Waals surface area contributed by atoms with Crippen LogP contribution >= 0.6 is 0 Å². The Morgan fingerprint density at radius 3 is 2.68 bits per heavy atom. The van der Waals surface area contributed by atoms with E-state index in [1.807, 2.05) is 11.9 Å². The molecule has 2 amide bonds. The number of benzene rings is 1. The normalized spacial score (nSPS) is 23.9. The Balaban J connectivity index is 1.34. The van der Waals surface area contributed by atoms with E-state index < -0.39 is 11.7 Å². The molecule has 0 saturated carbocycles. The van der Waals surface area contributed by atoms with Crippen molar-refractivity contribution >= 4 is 11.8 Å². The maximum Gasteiger partial charge on any atom is 0.416 e. The summed E-state index contributed by atoms with van der Waals surface area (Å²) in [4.78, 5) is 29.4. The largest absolute Gasteiger partial charge is 0.467 e. The maximum absolute atomic E-state index is 12.9. The van der Waals surface area contributed by atoms with Gasteiger partial charge < -0.3 is 15.1 Å². The number of hydrogen-bond donors (Lipinski definition) is 2. The van der Waals surface area contributed by atoms with Gasteiger partial charge in [-0.2, -0.15) is 13.2 Å². The summed E-state index contributed by atoms with van der Waals surface area (Å²) >= 11 is 0. The molecule has 10 heteroatoms. The second-order valence-electron chi connectivity index (χ2n) is 8.93. The highest BCUT2D eigenvalue weighted by Crippen LogP contribution is 2.31. The molecule has 0 radical (unpaired) electrons. The lowest BCUT2D eigenvalue weighted by molar-refractivity contribution is -0.137. The molecule has 2 aliphatic heterocycles. The highest BCUT2D eigenvalue weighted by atomic mass is 19.4. The number of furan rings is 1. The van der Waals surface area contributed by atoms with Gasteiger partial charge in [0.2, 0.25) is 11.8 Å². The Labute approximate surface area is 196 Å². The van der Waals surface area contributed by atoms with E-state index in [0.717, 1.165) is 24.1 Å². The summed E-state index contributed by atoms with van der Waals surface area (Å²) < 4.78 is 43.8. The van der Waals surface area contributed by atoms with Crippen LogP contribution in [0.2, 0.25) is 0 Å². The van der Waals surface area contributed by atoms with E-state index >= 15 is 0 Å². The van der Waals surface area contributed by atoms with Gasteiger partial charge in [0.1, 0.15) is 11.8 Å². The van der Waals surface area contributed by atoms with E-state index in [4.69, 9.17) is 4.42 Å². The number of alkyl halides is 3. The molecule has 3 atom stereocenters. The molecule has 1 aromatic carbocycles. The Morgan fingerprint density at radius 1 is 1.24 bits per heavy atom. The van der Waals surface area contributed by atoms with Gasteiger partial charge >= 0.3 is 6.18 Å². The smallest absolute Gasteiger partial charge is 0.416 e. The zero-order valence-electron chi connectivity index (χ0n) is 19.0. The lowest BCUT2D eigenvalue weighted by Gasteiger charge is -2.33. The molecule has 2 saturated heterocycles. The standard InChI is InChI=1S/C24H29F3N4O3/c1-30-18(8-9-21(32)28-14-19-3-2-12-34-19)13-29-23(33)22-20(30)10-11-31(22)15-16-4-6-17(7-5-16)24(25,26)27/h2-7,12,18,20,22H,8-11,13-15H2,1H3,(H,28,32)(H,29,33)/t18-,20-,22-/m0/s1. The van der Waals surface area contributed by atoms with Crippen LogP contribution in [0.4, 0.5) is 13.2 Å². The van der Waals surface area contributed by atoms with Crippen LogP contribution in [0.5, 0.6) is 0 Å². The van der Waals surface area contributed by atoms with Gasteiger partial charge in [-0.3, -0.25) is 19.4 Å². The molecule has 2 aromatic rings. The van der Waals surface area contributed by atoms with Crippen LogP contribution < -0.4 is 10.6 Å². The van der Waals surface area contributed by atoms with Crippen molar-refractivity contribution in [3.8, 4) is 0 Å². The average Bonchev–Trinajstić information content (AvgIpc) is 3.44. The van der Waals surface area contributed by atoms with Crippen molar-refractivity contribution < 1.29 is 27.2 Å². The molecule has 184 valence electrons. The Bertz CT molecular complexity index is 978. The third-order valence-electron chi connectivity index (χ3n) is 6.76. The molecule has 0 aliphatic carbocycles. The summed E-state index contributed by atoms with van der Waals surface area (Å²) in [6.07, 6.45) is -1.10. The average molecular weight is 479 g/mol.